The number of benzene rings is 1. The van der Waals surface area contributed by atoms with Crippen molar-refractivity contribution in [2.45, 2.75) is 26.4 Å². The minimum absolute atomic E-state index is 0.125. The molecule has 1 aliphatic rings. The first-order valence-electron chi connectivity index (χ1n) is 8.31. The Morgan fingerprint density at radius 1 is 1.20 bits per heavy atom. The van der Waals surface area contributed by atoms with E-state index in [1.54, 1.807) is 23.1 Å². The highest BCUT2D eigenvalue weighted by atomic mass is 35.5. The normalized spacial score (nSPS) is 14.9. The summed E-state index contributed by atoms with van der Waals surface area (Å²) in [5.74, 6) is -0.173. The molecule has 1 aromatic heterocycles. The van der Waals surface area contributed by atoms with E-state index < -0.39 is 5.69 Å². The first-order chi connectivity index (χ1) is 12.0. The highest BCUT2D eigenvalue weighted by Gasteiger charge is 2.20. The molecular weight excluding hydrogens is 346 g/mol. The molecule has 0 N–H and O–H groups in total. The molecule has 0 atom stereocenters. The van der Waals surface area contributed by atoms with Crippen LogP contribution >= 0.6 is 11.6 Å². The van der Waals surface area contributed by atoms with Crippen molar-refractivity contribution in [2.75, 3.05) is 26.3 Å². The second kappa shape index (κ2) is 7.41. The smallest absolute Gasteiger partial charge is 0.331 e. The summed E-state index contributed by atoms with van der Waals surface area (Å²) in [6.07, 6.45) is 0.644. The summed E-state index contributed by atoms with van der Waals surface area (Å²) in [5.41, 5.74) is -0.451. The highest BCUT2D eigenvalue weighted by molar-refractivity contribution is 6.31. The van der Waals surface area contributed by atoms with E-state index in [9.17, 15) is 14.4 Å². The van der Waals surface area contributed by atoms with Crippen LogP contribution < -0.4 is 11.2 Å². The van der Waals surface area contributed by atoms with Gasteiger partial charge in [0.25, 0.3) is 5.56 Å². The van der Waals surface area contributed by atoms with Gasteiger partial charge < -0.3 is 9.64 Å². The van der Waals surface area contributed by atoms with E-state index >= 15 is 0 Å². The molecule has 0 aliphatic carbocycles. The lowest BCUT2D eigenvalue weighted by atomic mass is 10.2. The number of carbonyl (C=O) groups excluding carboxylic acids is 1. The van der Waals surface area contributed by atoms with Crippen molar-refractivity contribution in [3.63, 3.8) is 0 Å². The van der Waals surface area contributed by atoms with Crippen LogP contribution in [0.1, 0.15) is 13.3 Å². The Hall–Kier alpha value is -2.12. The maximum atomic E-state index is 12.8. The number of morpholine rings is 1. The third kappa shape index (κ3) is 3.48. The van der Waals surface area contributed by atoms with Crippen molar-refractivity contribution in [1.82, 2.24) is 14.0 Å². The zero-order valence-corrected chi connectivity index (χ0v) is 14.8. The summed E-state index contributed by atoms with van der Waals surface area (Å²) in [6.45, 7) is 4.05. The lowest BCUT2D eigenvalue weighted by molar-refractivity contribution is -0.135. The summed E-state index contributed by atoms with van der Waals surface area (Å²) in [4.78, 5) is 39.7. The van der Waals surface area contributed by atoms with Crippen LogP contribution in [0.25, 0.3) is 10.9 Å². The average molecular weight is 366 g/mol. The van der Waals surface area contributed by atoms with E-state index in [-0.39, 0.29) is 18.0 Å². The number of fused-ring (bicyclic) bond motifs is 1. The van der Waals surface area contributed by atoms with E-state index in [1.165, 1.54) is 9.13 Å². The quantitative estimate of drug-likeness (QED) is 0.812. The Bertz CT molecular complexity index is 912. The van der Waals surface area contributed by atoms with E-state index in [2.05, 4.69) is 0 Å². The van der Waals surface area contributed by atoms with Gasteiger partial charge in [0.05, 0.1) is 24.1 Å². The predicted molar refractivity (Wildman–Crippen MR) is 95.2 cm³/mol. The number of rotatable bonds is 4. The van der Waals surface area contributed by atoms with Gasteiger partial charge in [-0.05, 0) is 24.6 Å². The van der Waals surface area contributed by atoms with Gasteiger partial charge in [0.1, 0.15) is 6.54 Å². The van der Waals surface area contributed by atoms with E-state index in [4.69, 9.17) is 16.3 Å². The number of amides is 1. The fraction of sp³-hybridized carbons (Fsp3) is 0.471. The maximum Gasteiger partial charge on any atom is 0.331 e. The van der Waals surface area contributed by atoms with Crippen LogP contribution in [-0.4, -0.2) is 46.2 Å². The Morgan fingerprint density at radius 2 is 1.92 bits per heavy atom. The maximum absolute atomic E-state index is 12.8. The van der Waals surface area contributed by atoms with Crippen molar-refractivity contribution in [3.8, 4) is 0 Å². The summed E-state index contributed by atoms with van der Waals surface area (Å²) in [5, 5.41) is 0.791. The molecule has 3 rings (SSSR count). The second-order valence-corrected chi connectivity index (χ2v) is 6.42. The number of carbonyl (C=O) groups is 1. The van der Waals surface area contributed by atoms with Crippen LogP contribution in [-0.2, 0) is 22.6 Å². The van der Waals surface area contributed by atoms with E-state index in [0.717, 1.165) is 0 Å². The molecule has 2 heterocycles. The first kappa shape index (κ1) is 17.7. The first-order valence-corrected chi connectivity index (χ1v) is 8.69. The average Bonchev–Trinajstić information content (AvgIpc) is 2.62. The molecule has 1 aromatic carbocycles. The van der Waals surface area contributed by atoms with Gasteiger partial charge >= 0.3 is 5.69 Å². The number of ether oxygens (including phenoxy) is 1. The van der Waals surface area contributed by atoms with Gasteiger partial charge in [-0.2, -0.15) is 0 Å². The summed E-state index contributed by atoms with van der Waals surface area (Å²) in [6, 6.07) is 4.77. The Balaban J connectivity index is 2.11. The topological polar surface area (TPSA) is 73.5 Å². The molecule has 1 saturated heterocycles. The molecule has 1 fully saturated rings. The largest absolute Gasteiger partial charge is 0.378 e. The minimum Gasteiger partial charge on any atom is -0.378 e. The fourth-order valence-electron chi connectivity index (χ4n) is 3.01. The van der Waals surface area contributed by atoms with Crippen LogP contribution in [0.15, 0.2) is 27.8 Å². The fourth-order valence-corrected chi connectivity index (χ4v) is 3.18. The predicted octanol–water partition coefficient (Wildman–Crippen LogP) is 1.09. The number of hydrogen-bond donors (Lipinski definition) is 0. The summed E-state index contributed by atoms with van der Waals surface area (Å²) >= 11 is 6.05. The van der Waals surface area contributed by atoms with Gasteiger partial charge in [0, 0.05) is 24.7 Å². The van der Waals surface area contributed by atoms with Crippen LogP contribution in [0.5, 0.6) is 0 Å². The van der Waals surface area contributed by atoms with E-state index in [0.29, 0.717) is 55.2 Å². The van der Waals surface area contributed by atoms with Crippen LogP contribution in [0.2, 0.25) is 5.02 Å². The molecule has 0 radical (unpaired) electrons. The number of hydrogen-bond acceptors (Lipinski definition) is 4. The van der Waals surface area contributed by atoms with Gasteiger partial charge in [-0.15, -0.1) is 0 Å². The highest BCUT2D eigenvalue weighted by Crippen LogP contribution is 2.16. The van der Waals surface area contributed by atoms with Gasteiger partial charge in [-0.1, -0.05) is 18.5 Å². The Kier molecular flexibility index (Phi) is 5.24. The molecule has 25 heavy (non-hydrogen) atoms. The standard InChI is InChI=1S/C17H20ClN3O4/c1-2-5-20-16(23)13-4-3-12(18)10-14(13)21(17(20)24)11-15(22)19-6-8-25-9-7-19/h3-4,10H,2,5-9,11H2,1H3. The Morgan fingerprint density at radius 3 is 2.60 bits per heavy atom. The van der Waals surface area contributed by atoms with Crippen LogP contribution in [0, 0.1) is 0 Å². The zero-order valence-electron chi connectivity index (χ0n) is 14.0. The second-order valence-electron chi connectivity index (χ2n) is 5.98. The summed E-state index contributed by atoms with van der Waals surface area (Å²) in [7, 11) is 0. The lowest BCUT2D eigenvalue weighted by Gasteiger charge is -2.27. The lowest BCUT2D eigenvalue weighted by Crippen LogP contribution is -2.46. The third-order valence-corrected chi connectivity index (χ3v) is 4.53. The van der Waals surface area contributed by atoms with Crippen molar-refractivity contribution < 1.29 is 9.53 Å². The molecule has 2 aromatic rings. The number of halogens is 1. The number of nitrogens with zero attached hydrogens (tertiary/aromatic N) is 3. The molecule has 0 bridgehead atoms. The molecule has 7 nitrogen and oxygen atoms in total. The third-order valence-electron chi connectivity index (χ3n) is 4.29. The molecule has 1 amide bonds. The van der Waals surface area contributed by atoms with Gasteiger partial charge in [-0.3, -0.25) is 18.7 Å². The molecule has 8 heteroatoms. The molecule has 0 saturated carbocycles. The Labute approximate surface area is 149 Å². The zero-order chi connectivity index (χ0) is 18.0. The van der Waals surface area contributed by atoms with Crippen molar-refractivity contribution >= 4 is 28.4 Å². The van der Waals surface area contributed by atoms with Crippen LogP contribution in [0.4, 0.5) is 0 Å². The van der Waals surface area contributed by atoms with E-state index in [1.807, 2.05) is 6.92 Å². The summed E-state index contributed by atoms with van der Waals surface area (Å²) < 4.78 is 7.78. The van der Waals surface area contributed by atoms with Crippen molar-refractivity contribution in [2.24, 2.45) is 0 Å². The van der Waals surface area contributed by atoms with Gasteiger partial charge in [0.15, 0.2) is 0 Å². The molecule has 0 spiro atoms. The molecule has 134 valence electrons. The monoisotopic (exact) mass is 365 g/mol. The molecule has 0 unspecified atom stereocenters. The van der Waals surface area contributed by atoms with Gasteiger partial charge in [0.2, 0.25) is 5.91 Å². The molecular formula is C17H20ClN3O4. The SMILES string of the molecule is CCCn1c(=O)c2ccc(Cl)cc2n(CC(=O)N2CCOCC2)c1=O. The number of aromatic nitrogens is 2. The van der Waals surface area contributed by atoms with Crippen molar-refractivity contribution in [1.29, 1.82) is 0 Å². The molecule has 1 aliphatic heterocycles. The van der Waals surface area contributed by atoms with Gasteiger partial charge in [-0.25, -0.2) is 4.79 Å². The minimum atomic E-state index is -0.483. The van der Waals surface area contributed by atoms with Crippen molar-refractivity contribution in [3.05, 3.63) is 44.1 Å². The van der Waals surface area contributed by atoms with Crippen LogP contribution in [0.3, 0.4) is 0 Å².